The van der Waals surface area contributed by atoms with E-state index >= 15 is 0 Å². The molecule has 1 heterocycles. The Bertz CT molecular complexity index is 739. The molecule has 1 fully saturated rings. The Kier molecular flexibility index (Phi) is 3.87. The number of hydrogen-bond donors (Lipinski definition) is 2. The first-order valence-electron chi connectivity index (χ1n) is 6.81. The van der Waals surface area contributed by atoms with Crippen LogP contribution < -0.4 is 15.4 Å². The Morgan fingerprint density at radius 2 is 1.77 bits per heavy atom. The first-order chi connectivity index (χ1) is 10.7. The van der Waals surface area contributed by atoms with E-state index < -0.39 is 11.9 Å². The summed E-state index contributed by atoms with van der Waals surface area (Å²) in [5, 5.41) is 4.61. The van der Waals surface area contributed by atoms with Crippen LogP contribution in [-0.2, 0) is 11.4 Å². The SMILES string of the molecule is O=C1NC(=O)C(=Cc2cccc(OCc3ccccc3)c2)N1. The van der Waals surface area contributed by atoms with Crippen LogP contribution in [0, 0.1) is 0 Å². The zero-order valence-corrected chi connectivity index (χ0v) is 11.7. The lowest BCUT2D eigenvalue weighted by molar-refractivity contribution is -0.115. The summed E-state index contributed by atoms with van der Waals surface area (Å²) in [6.07, 6.45) is 1.61. The van der Waals surface area contributed by atoms with Crippen molar-refractivity contribution in [3.63, 3.8) is 0 Å². The predicted octanol–water partition coefficient (Wildman–Crippen LogP) is 2.45. The molecule has 1 saturated heterocycles. The van der Waals surface area contributed by atoms with Crippen molar-refractivity contribution < 1.29 is 14.3 Å². The van der Waals surface area contributed by atoms with Crippen molar-refractivity contribution in [1.29, 1.82) is 0 Å². The number of carbonyl (C=O) groups is 2. The molecular formula is C17H14N2O3. The second-order valence-electron chi connectivity index (χ2n) is 4.81. The topological polar surface area (TPSA) is 67.4 Å². The van der Waals surface area contributed by atoms with Crippen molar-refractivity contribution >= 4 is 18.0 Å². The fourth-order valence-corrected chi connectivity index (χ4v) is 2.08. The summed E-state index contributed by atoms with van der Waals surface area (Å²) in [5.74, 6) is 0.267. The molecule has 0 aliphatic carbocycles. The van der Waals surface area contributed by atoms with E-state index in [9.17, 15) is 9.59 Å². The number of nitrogens with one attached hydrogen (secondary N) is 2. The maximum atomic E-state index is 11.5. The van der Waals surface area contributed by atoms with Crippen LogP contribution in [0.15, 0.2) is 60.3 Å². The Balaban J connectivity index is 1.71. The second kappa shape index (κ2) is 6.13. The molecule has 0 saturated carbocycles. The molecule has 2 N–H and O–H groups in total. The quantitative estimate of drug-likeness (QED) is 0.672. The normalized spacial score (nSPS) is 15.5. The Labute approximate surface area is 127 Å². The Morgan fingerprint density at radius 3 is 2.50 bits per heavy atom. The standard InChI is InChI=1S/C17H14N2O3/c20-16-15(18-17(21)19-16)10-13-7-4-8-14(9-13)22-11-12-5-2-1-3-6-12/h1-10H,11H2,(H2,18,19,20,21). The monoisotopic (exact) mass is 294 g/mol. The number of benzene rings is 2. The van der Waals surface area contributed by atoms with Crippen molar-refractivity contribution in [2.24, 2.45) is 0 Å². The van der Waals surface area contributed by atoms with Crippen LogP contribution in [0.1, 0.15) is 11.1 Å². The number of ether oxygens (including phenoxy) is 1. The van der Waals surface area contributed by atoms with Gasteiger partial charge in [-0.2, -0.15) is 0 Å². The van der Waals surface area contributed by atoms with Crippen molar-refractivity contribution in [2.45, 2.75) is 6.61 Å². The lowest BCUT2D eigenvalue weighted by Gasteiger charge is -2.07. The van der Waals surface area contributed by atoms with Crippen molar-refractivity contribution in [3.8, 4) is 5.75 Å². The van der Waals surface area contributed by atoms with Crippen molar-refractivity contribution in [3.05, 3.63) is 71.4 Å². The van der Waals surface area contributed by atoms with Gasteiger partial charge in [-0.05, 0) is 29.3 Å². The summed E-state index contributed by atoms with van der Waals surface area (Å²) in [6, 6.07) is 16.7. The Hall–Kier alpha value is -3.08. The van der Waals surface area contributed by atoms with E-state index in [-0.39, 0.29) is 5.70 Å². The summed E-state index contributed by atoms with van der Waals surface area (Å²) in [5.41, 5.74) is 2.08. The van der Waals surface area contributed by atoms with Gasteiger partial charge in [0.05, 0.1) is 0 Å². The number of carbonyl (C=O) groups excluding carboxylic acids is 2. The fraction of sp³-hybridized carbons (Fsp3) is 0.0588. The molecule has 5 nitrogen and oxygen atoms in total. The number of rotatable bonds is 4. The third-order valence-electron chi connectivity index (χ3n) is 3.14. The average molecular weight is 294 g/mol. The van der Waals surface area contributed by atoms with E-state index in [1.807, 2.05) is 54.6 Å². The fourth-order valence-electron chi connectivity index (χ4n) is 2.08. The van der Waals surface area contributed by atoms with Crippen LogP contribution in [0.3, 0.4) is 0 Å². The first-order valence-corrected chi connectivity index (χ1v) is 6.81. The molecule has 110 valence electrons. The highest BCUT2D eigenvalue weighted by Crippen LogP contribution is 2.17. The first kappa shape index (κ1) is 13.9. The van der Waals surface area contributed by atoms with E-state index in [2.05, 4.69) is 10.6 Å². The van der Waals surface area contributed by atoms with Crippen LogP contribution in [0.4, 0.5) is 4.79 Å². The van der Waals surface area contributed by atoms with Gasteiger partial charge in [0.2, 0.25) is 0 Å². The maximum absolute atomic E-state index is 11.5. The van der Waals surface area contributed by atoms with Gasteiger partial charge in [0.25, 0.3) is 5.91 Å². The largest absolute Gasteiger partial charge is 0.489 e. The van der Waals surface area contributed by atoms with Gasteiger partial charge < -0.3 is 10.1 Å². The summed E-state index contributed by atoms with van der Waals surface area (Å²) in [4.78, 5) is 22.6. The van der Waals surface area contributed by atoms with Crippen molar-refractivity contribution in [2.75, 3.05) is 0 Å². The minimum absolute atomic E-state index is 0.227. The Morgan fingerprint density at radius 1 is 0.955 bits per heavy atom. The molecule has 2 aromatic carbocycles. The molecule has 2 aromatic rings. The number of imide groups is 1. The molecule has 1 aliphatic rings. The van der Waals surface area contributed by atoms with E-state index in [1.54, 1.807) is 6.08 Å². The highest BCUT2D eigenvalue weighted by atomic mass is 16.5. The number of urea groups is 1. The van der Waals surface area contributed by atoms with Gasteiger partial charge in [0.15, 0.2) is 0 Å². The van der Waals surface area contributed by atoms with E-state index in [4.69, 9.17) is 4.74 Å². The minimum Gasteiger partial charge on any atom is -0.489 e. The summed E-state index contributed by atoms with van der Waals surface area (Å²) in [6.45, 7) is 0.470. The highest BCUT2D eigenvalue weighted by Gasteiger charge is 2.22. The predicted molar refractivity (Wildman–Crippen MR) is 81.9 cm³/mol. The number of amides is 3. The van der Waals surface area contributed by atoms with Gasteiger partial charge in [-0.3, -0.25) is 10.1 Å². The molecule has 0 bridgehead atoms. The lowest BCUT2D eigenvalue weighted by Crippen LogP contribution is -2.22. The molecule has 0 atom stereocenters. The van der Waals surface area contributed by atoms with Gasteiger partial charge in [-0.25, -0.2) is 4.79 Å². The van der Waals surface area contributed by atoms with Crippen molar-refractivity contribution in [1.82, 2.24) is 10.6 Å². The lowest BCUT2D eigenvalue weighted by atomic mass is 10.2. The number of hydrogen-bond acceptors (Lipinski definition) is 3. The van der Waals surface area contributed by atoms with Crippen LogP contribution in [0.2, 0.25) is 0 Å². The van der Waals surface area contributed by atoms with Gasteiger partial charge in [-0.1, -0.05) is 42.5 Å². The van der Waals surface area contributed by atoms with Crippen LogP contribution in [0.5, 0.6) is 5.75 Å². The molecule has 0 aromatic heterocycles. The summed E-state index contributed by atoms with van der Waals surface area (Å²) in [7, 11) is 0. The molecule has 22 heavy (non-hydrogen) atoms. The van der Waals surface area contributed by atoms with Gasteiger partial charge >= 0.3 is 6.03 Å². The minimum atomic E-state index is -0.507. The molecule has 3 amide bonds. The second-order valence-corrected chi connectivity index (χ2v) is 4.81. The van der Waals surface area contributed by atoms with Crippen LogP contribution in [-0.4, -0.2) is 11.9 Å². The zero-order valence-electron chi connectivity index (χ0n) is 11.7. The van der Waals surface area contributed by atoms with E-state index in [0.29, 0.717) is 12.4 Å². The molecule has 0 spiro atoms. The highest BCUT2D eigenvalue weighted by molar-refractivity contribution is 6.13. The smallest absolute Gasteiger partial charge is 0.326 e. The molecular weight excluding hydrogens is 280 g/mol. The molecule has 0 unspecified atom stereocenters. The average Bonchev–Trinajstić information content (AvgIpc) is 2.84. The van der Waals surface area contributed by atoms with E-state index in [1.165, 1.54) is 0 Å². The third kappa shape index (κ3) is 3.32. The maximum Gasteiger partial charge on any atom is 0.326 e. The third-order valence-corrected chi connectivity index (χ3v) is 3.14. The van der Waals surface area contributed by atoms with Gasteiger partial charge in [-0.15, -0.1) is 0 Å². The van der Waals surface area contributed by atoms with Gasteiger partial charge in [0.1, 0.15) is 18.1 Å². The zero-order chi connectivity index (χ0) is 15.4. The summed E-state index contributed by atoms with van der Waals surface area (Å²) < 4.78 is 5.73. The summed E-state index contributed by atoms with van der Waals surface area (Å²) >= 11 is 0. The van der Waals surface area contributed by atoms with E-state index in [0.717, 1.165) is 11.1 Å². The molecule has 1 aliphatic heterocycles. The van der Waals surface area contributed by atoms with Crippen LogP contribution >= 0.6 is 0 Å². The molecule has 5 heteroatoms. The van der Waals surface area contributed by atoms with Gasteiger partial charge in [0, 0.05) is 0 Å². The van der Waals surface area contributed by atoms with Crippen LogP contribution in [0.25, 0.3) is 6.08 Å². The molecule has 3 rings (SSSR count). The molecule has 0 radical (unpaired) electrons.